The first-order chi connectivity index (χ1) is 6.79. The van der Waals surface area contributed by atoms with E-state index in [1.54, 1.807) is 0 Å². The topological polar surface area (TPSA) is 24.9 Å². The van der Waals surface area contributed by atoms with Crippen LogP contribution in [-0.2, 0) is 6.42 Å². The Labute approximate surface area is 85.7 Å². The summed E-state index contributed by atoms with van der Waals surface area (Å²) in [6, 6.07) is 4.74. The smallest absolute Gasteiger partial charge is 0.0451 e. The number of nitrogens with one attached hydrogen (secondary N) is 1. The van der Waals surface area contributed by atoms with Crippen molar-refractivity contribution < 1.29 is 0 Å². The Morgan fingerprint density at radius 2 is 2.36 bits per heavy atom. The van der Waals surface area contributed by atoms with Crippen molar-refractivity contribution in [2.45, 2.75) is 32.7 Å². The first-order valence-corrected chi connectivity index (χ1v) is 5.46. The fourth-order valence-electron chi connectivity index (χ4n) is 2.16. The minimum absolute atomic E-state index is 0.487. The highest BCUT2D eigenvalue weighted by atomic mass is 14.9. The zero-order valence-corrected chi connectivity index (χ0v) is 8.96. The van der Waals surface area contributed by atoms with E-state index in [-0.39, 0.29) is 0 Å². The summed E-state index contributed by atoms with van der Waals surface area (Å²) in [5.41, 5.74) is 2.69. The molecule has 0 radical (unpaired) electrons. The van der Waals surface area contributed by atoms with E-state index in [0.29, 0.717) is 12.0 Å². The average Bonchev–Trinajstić information content (AvgIpc) is 2.39. The minimum Gasteiger partial charge on any atom is -0.310 e. The summed E-state index contributed by atoms with van der Waals surface area (Å²) < 4.78 is 0. The molecule has 2 nitrogen and oxygen atoms in total. The van der Waals surface area contributed by atoms with E-state index >= 15 is 0 Å². The predicted molar refractivity (Wildman–Crippen MR) is 58.1 cm³/mol. The van der Waals surface area contributed by atoms with Crippen molar-refractivity contribution in [3.63, 3.8) is 0 Å². The summed E-state index contributed by atoms with van der Waals surface area (Å²) in [5.74, 6) is 0.635. The predicted octanol–water partition coefficient (Wildman–Crippen LogP) is 2.31. The standard InChI is InChI=1S/C12H18N2/c1-9(2)12-10-5-3-7-13-11(10)6-4-8-14-12/h3,5,7,9,12,14H,4,6,8H2,1-2H3. The molecule has 0 fully saturated rings. The molecule has 1 aromatic heterocycles. The van der Waals surface area contributed by atoms with Crippen LogP contribution in [0.1, 0.15) is 37.6 Å². The lowest BCUT2D eigenvalue weighted by Crippen LogP contribution is -2.25. The summed E-state index contributed by atoms with van der Waals surface area (Å²) in [6.45, 7) is 5.64. The van der Waals surface area contributed by atoms with Crippen LogP contribution in [-0.4, -0.2) is 11.5 Å². The molecule has 1 aliphatic heterocycles. The molecule has 1 unspecified atom stereocenters. The molecule has 0 saturated heterocycles. The molecule has 76 valence electrons. The third-order valence-corrected chi connectivity index (χ3v) is 2.88. The number of aromatic nitrogens is 1. The van der Waals surface area contributed by atoms with Crippen molar-refractivity contribution in [1.82, 2.24) is 10.3 Å². The molecule has 2 rings (SSSR count). The highest BCUT2D eigenvalue weighted by Crippen LogP contribution is 2.26. The van der Waals surface area contributed by atoms with Crippen molar-refractivity contribution in [2.75, 3.05) is 6.54 Å². The van der Waals surface area contributed by atoms with Crippen LogP contribution < -0.4 is 5.32 Å². The molecule has 0 saturated carbocycles. The first kappa shape index (κ1) is 9.66. The Balaban J connectivity index is 2.37. The fraction of sp³-hybridized carbons (Fsp3) is 0.583. The summed E-state index contributed by atoms with van der Waals surface area (Å²) in [7, 11) is 0. The number of aryl methyl sites for hydroxylation is 1. The van der Waals surface area contributed by atoms with Gasteiger partial charge in [0.05, 0.1) is 0 Å². The average molecular weight is 190 g/mol. The van der Waals surface area contributed by atoms with Gasteiger partial charge in [0.15, 0.2) is 0 Å². The van der Waals surface area contributed by atoms with Crippen LogP contribution in [0.25, 0.3) is 0 Å². The van der Waals surface area contributed by atoms with E-state index in [4.69, 9.17) is 0 Å². The SMILES string of the molecule is CC(C)C1NCCCc2ncccc21. The lowest BCUT2D eigenvalue weighted by atomic mass is 9.95. The van der Waals surface area contributed by atoms with Gasteiger partial charge in [-0.3, -0.25) is 4.98 Å². The molecule has 1 N–H and O–H groups in total. The van der Waals surface area contributed by atoms with Crippen LogP contribution in [0.3, 0.4) is 0 Å². The lowest BCUT2D eigenvalue weighted by Gasteiger charge is -2.21. The van der Waals surface area contributed by atoms with Gasteiger partial charge in [-0.1, -0.05) is 19.9 Å². The van der Waals surface area contributed by atoms with Gasteiger partial charge < -0.3 is 5.32 Å². The van der Waals surface area contributed by atoms with E-state index in [1.165, 1.54) is 17.7 Å². The van der Waals surface area contributed by atoms with Crippen LogP contribution >= 0.6 is 0 Å². The maximum atomic E-state index is 4.47. The molecule has 2 heterocycles. The highest BCUT2D eigenvalue weighted by Gasteiger charge is 2.20. The molecular weight excluding hydrogens is 172 g/mol. The number of rotatable bonds is 1. The minimum atomic E-state index is 0.487. The Hall–Kier alpha value is -0.890. The van der Waals surface area contributed by atoms with E-state index in [9.17, 15) is 0 Å². The Kier molecular flexibility index (Phi) is 2.82. The molecular formula is C12H18N2. The maximum Gasteiger partial charge on any atom is 0.0451 e. The molecule has 0 aromatic carbocycles. The van der Waals surface area contributed by atoms with Gasteiger partial charge in [-0.2, -0.15) is 0 Å². The second kappa shape index (κ2) is 4.09. The van der Waals surface area contributed by atoms with Crippen LogP contribution in [0.5, 0.6) is 0 Å². The summed E-state index contributed by atoms with van der Waals surface area (Å²) >= 11 is 0. The summed E-state index contributed by atoms with van der Waals surface area (Å²) in [6.07, 6.45) is 4.22. The number of hydrogen-bond donors (Lipinski definition) is 1. The van der Waals surface area contributed by atoms with Crippen molar-refractivity contribution in [3.8, 4) is 0 Å². The maximum absolute atomic E-state index is 4.47. The second-order valence-corrected chi connectivity index (χ2v) is 4.32. The molecule has 0 spiro atoms. The lowest BCUT2D eigenvalue weighted by molar-refractivity contribution is 0.419. The molecule has 14 heavy (non-hydrogen) atoms. The third-order valence-electron chi connectivity index (χ3n) is 2.88. The molecule has 0 aliphatic carbocycles. The zero-order valence-electron chi connectivity index (χ0n) is 8.96. The Morgan fingerprint density at radius 1 is 1.50 bits per heavy atom. The van der Waals surface area contributed by atoms with Crippen LogP contribution in [0.2, 0.25) is 0 Å². The van der Waals surface area contributed by atoms with Gasteiger partial charge in [-0.05, 0) is 36.9 Å². The monoisotopic (exact) mass is 190 g/mol. The van der Waals surface area contributed by atoms with Crippen molar-refractivity contribution >= 4 is 0 Å². The Bertz CT molecular complexity index is 307. The van der Waals surface area contributed by atoms with E-state index in [0.717, 1.165) is 13.0 Å². The van der Waals surface area contributed by atoms with Gasteiger partial charge >= 0.3 is 0 Å². The van der Waals surface area contributed by atoms with Crippen molar-refractivity contribution in [3.05, 3.63) is 29.6 Å². The van der Waals surface area contributed by atoms with Gasteiger partial charge in [0.1, 0.15) is 0 Å². The summed E-state index contributed by atoms with van der Waals surface area (Å²) in [4.78, 5) is 4.47. The van der Waals surface area contributed by atoms with Crippen LogP contribution in [0.4, 0.5) is 0 Å². The molecule has 1 aliphatic rings. The molecule has 1 aromatic rings. The van der Waals surface area contributed by atoms with Gasteiger partial charge in [-0.15, -0.1) is 0 Å². The van der Waals surface area contributed by atoms with Crippen LogP contribution in [0.15, 0.2) is 18.3 Å². The molecule has 1 atom stereocenters. The first-order valence-electron chi connectivity index (χ1n) is 5.46. The van der Waals surface area contributed by atoms with Crippen molar-refractivity contribution in [2.24, 2.45) is 5.92 Å². The van der Waals surface area contributed by atoms with Gasteiger partial charge in [-0.25, -0.2) is 0 Å². The summed E-state index contributed by atoms with van der Waals surface area (Å²) in [5, 5.41) is 3.60. The molecule has 0 bridgehead atoms. The molecule has 2 heteroatoms. The quantitative estimate of drug-likeness (QED) is 0.735. The third kappa shape index (κ3) is 1.80. The second-order valence-electron chi connectivity index (χ2n) is 4.32. The number of nitrogens with zero attached hydrogens (tertiary/aromatic N) is 1. The molecule has 0 amide bonds. The van der Waals surface area contributed by atoms with E-state index in [1.807, 2.05) is 12.3 Å². The van der Waals surface area contributed by atoms with Gasteiger partial charge in [0.25, 0.3) is 0 Å². The van der Waals surface area contributed by atoms with Crippen molar-refractivity contribution in [1.29, 1.82) is 0 Å². The zero-order chi connectivity index (χ0) is 9.97. The number of fused-ring (bicyclic) bond motifs is 1. The van der Waals surface area contributed by atoms with Gasteiger partial charge in [0.2, 0.25) is 0 Å². The number of hydrogen-bond acceptors (Lipinski definition) is 2. The van der Waals surface area contributed by atoms with E-state index < -0.39 is 0 Å². The number of pyridine rings is 1. The van der Waals surface area contributed by atoms with E-state index in [2.05, 4.69) is 30.2 Å². The van der Waals surface area contributed by atoms with Gasteiger partial charge in [0, 0.05) is 17.9 Å². The highest BCUT2D eigenvalue weighted by molar-refractivity contribution is 5.25. The van der Waals surface area contributed by atoms with Crippen LogP contribution in [0, 0.1) is 5.92 Å². The largest absolute Gasteiger partial charge is 0.310 e. The Morgan fingerprint density at radius 3 is 3.14 bits per heavy atom. The fourth-order valence-corrected chi connectivity index (χ4v) is 2.16. The normalized spacial score (nSPS) is 21.8.